The van der Waals surface area contributed by atoms with Crippen molar-refractivity contribution in [2.45, 2.75) is 19.1 Å². The van der Waals surface area contributed by atoms with E-state index in [4.69, 9.17) is 9.68 Å². The molecule has 1 fully saturated rings. The number of aryl methyl sites for hydroxylation is 1. The Labute approximate surface area is 140 Å². The van der Waals surface area contributed by atoms with Gasteiger partial charge in [-0.15, -0.1) is 0 Å². The van der Waals surface area contributed by atoms with Gasteiger partial charge < -0.3 is 9.52 Å². The number of rotatable bonds is 4. The maximum absolute atomic E-state index is 10.5. The molecule has 2 atom stereocenters. The van der Waals surface area contributed by atoms with Crippen LogP contribution in [0.5, 0.6) is 0 Å². The largest absolute Gasteiger partial charge is 0.465 e. The van der Waals surface area contributed by atoms with E-state index in [0.717, 1.165) is 35.1 Å². The van der Waals surface area contributed by atoms with Crippen molar-refractivity contribution >= 4 is 11.8 Å². The number of thioether (sulfide) groups is 1. The molecular weight excluding hydrogens is 308 g/mol. The third kappa shape index (κ3) is 3.78. The standard InChI is InChI=1S/C18H20N2O2S/c1-13-2-7-18(22-13)16-12-23-9-8-20(16)11-17(21)15-5-3-14(10-19)4-6-15/h2-7,16-17,21H,8-9,11-12H2,1H3. The van der Waals surface area contributed by atoms with Gasteiger partial charge in [-0.1, -0.05) is 12.1 Å². The van der Waals surface area contributed by atoms with E-state index < -0.39 is 6.10 Å². The van der Waals surface area contributed by atoms with Gasteiger partial charge in [0.05, 0.1) is 23.8 Å². The number of hydrogen-bond donors (Lipinski definition) is 1. The first-order valence-electron chi connectivity index (χ1n) is 7.73. The topological polar surface area (TPSA) is 60.4 Å². The second kappa shape index (κ2) is 7.22. The maximum atomic E-state index is 10.5. The van der Waals surface area contributed by atoms with E-state index in [9.17, 15) is 5.11 Å². The minimum Gasteiger partial charge on any atom is -0.465 e. The summed E-state index contributed by atoms with van der Waals surface area (Å²) in [6.07, 6.45) is -0.565. The van der Waals surface area contributed by atoms with Crippen LogP contribution >= 0.6 is 11.8 Å². The summed E-state index contributed by atoms with van der Waals surface area (Å²) in [6, 6.07) is 13.5. The highest BCUT2D eigenvalue weighted by Gasteiger charge is 2.28. The molecule has 0 bridgehead atoms. The van der Waals surface area contributed by atoms with E-state index >= 15 is 0 Å². The predicted molar refractivity (Wildman–Crippen MR) is 91.2 cm³/mol. The van der Waals surface area contributed by atoms with Crippen molar-refractivity contribution in [3.05, 3.63) is 59.0 Å². The smallest absolute Gasteiger partial charge is 0.122 e. The highest BCUT2D eigenvalue weighted by molar-refractivity contribution is 7.99. The van der Waals surface area contributed by atoms with Crippen molar-refractivity contribution in [1.29, 1.82) is 5.26 Å². The lowest BCUT2D eigenvalue weighted by Gasteiger charge is -2.35. The first-order chi connectivity index (χ1) is 11.2. The molecule has 0 saturated carbocycles. The van der Waals surface area contributed by atoms with Crippen LogP contribution in [0.1, 0.15) is 34.8 Å². The number of hydrogen-bond acceptors (Lipinski definition) is 5. The van der Waals surface area contributed by atoms with E-state index in [1.54, 1.807) is 12.1 Å². The molecule has 2 heterocycles. The Balaban J connectivity index is 1.72. The molecule has 1 aliphatic heterocycles. The van der Waals surface area contributed by atoms with Gasteiger partial charge in [0.15, 0.2) is 0 Å². The maximum Gasteiger partial charge on any atom is 0.122 e. The molecule has 120 valence electrons. The molecule has 0 spiro atoms. The Morgan fingerprint density at radius 1 is 1.35 bits per heavy atom. The molecule has 4 nitrogen and oxygen atoms in total. The highest BCUT2D eigenvalue weighted by atomic mass is 32.2. The van der Waals surface area contributed by atoms with Gasteiger partial charge in [0.1, 0.15) is 11.5 Å². The Bertz CT molecular complexity index is 690. The van der Waals surface area contributed by atoms with Crippen molar-refractivity contribution < 1.29 is 9.52 Å². The molecule has 1 N–H and O–H groups in total. The number of aliphatic hydroxyl groups is 1. The van der Waals surface area contributed by atoms with Gasteiger partial charge in [-0.3, -0.25) is 4.90 Å². The van der Waals surface area contributed by atoms with Crippen molar-refractivity contribution in [2.75, 3.05) is 24.6 Å². The van der Waals surface area contributed by atoms with Gasteiger partial charge in [-0.25, -0.2) is 0 Å². The van der Waals surface area contributed by atoms with Crippen LogP contribution in [0.25, 0.3) is 0 Å². The van der Waals surface area contributed by atoms with E-state index in [2.05, 4.69) is 11.0 Å². The van der Waals surface area contributed by atoms with Crippen LogP contribution < -0.4 is 0 Å². The lowest BCUT2D eigenvalue weighted by atomic mass is 10.1. The van der Waals surface area contributed by atoms with E-state index in [1.165, 1.54) is 0 Å². The summed E-state index contributed by atoms with van der Waals surface area (Å²) < 4.78 is 5.80. The third-order valence-electron chi connectivity index (χ3n) is 4.16. The minimum atomic E-state index is -0.565. The predicted octanol–water partition coefficient (Wildman–Crippen LogP) is 3.28. The number of aliphatic hydroxyl groups excluding tert-OH is 1. The summed E-state index contributed by atoms with van der Waals surface area (Å²) in [5, 5.41) is 19.4. The van der Waals surface area contributed by atoms with Gasteiger partial charge in [0.25, 0.3) is 0 Å². The molecule has 0 radical (unpaired) electrons. The Morgan fingerprint density at radius 2 is 2.13 bits per heavy atom. The fourth-order valence-corrected chi connectivity index (χ4v) is 3.99. The van der Waals surface area contributed by atoms with Crippen LogP contribution in [0.2, 0.25) is 0 Å². The molecule has 0 aliphatic carbocycles. The second-order valence-electron chi connectivity index (χ2n) is 5.78. The van der Waals surface area contributed by atoms with Crippen LogP contribution in [0.15, 0.2) is 40.8 Å². The number of nitrogens with zero attached hydrogens (tertiary/aromatic N) is 2. The van der Waals surface area contributed by atoms with Crippen LogP contribution in [0.4, 0.5) is 0 Å². The summed E-state index contributed by atoms with van der Waals surface area (Å²) >= 11 is 1.92. The molecule has 5 heteroatoms. The molecule has 2 unspecified atom stereocenters. The first-order valence-corrected chi connectivity index (χ1v) is 8.89. The number of β-amino-alcohol motifs (C(OH)–C–C–N with tert-alkyl or cyclic N) is 1. The van der Waals surface area contributed by atoms with Gasteiger partial charge in [-0.05, 0) is 36.8 Å². The molecule has 1 aliphatic rings. The van der Waals surface area contributed by atoms with Crippen LogP contribution in [-0.2, 0) is 0 Å². The zero-order chi connectivity index (χ0) is 16.2. The summed E-state index contributed by atoms with van der Waals surface area (Å²) in [6.45, 7) is 3.45. The lowest BCUT2D eigenvalue weighted by Crippen LogP contribution is -2.38. The molecule has 3 rings (SSSR count). The summed E-state index contributed by atoms with van der Waals surface area (Å²) in [5.74, 6) is 3.94. The van der Waals surface area contributed by atoms with Gasteiger partial charge in [0, 0.05) is 24.6 Å². The minimum absolute atomic E-state index is 0.204. The van der Waals surface area contributed by atoms with Crippen molar-refractivity contribution in [1.82, 2.24) is 4.90 Å². The Kier molecular flexibility index (Phi) is 5.06. The van der Waals surface area contributed by atoms with Crippen molar-refractivity contribution in [2.24, 2.45) is 0 Å². The molecule has 2 aromatic rings. The van der Waals surface area contributed by atoms with Crippen LogP contribution in [0.3, 0.4) is 0 Å². The molecule has 1 aromatic carbocycles. The molecule has 23 heavy (non-hydrogen) atoms. The normalized spacial score (nSPS) is 20.1. The molecule has 1 saturated heterocycles. The summed E-state index contributed by atoms with van der Waals surface area (Å²) in [4.78, 5) is 2.29. The Hall–Kier alpha value is -1.74. The third-order valence-corrected chi connectivity index (χ3v) is 5.18. The monoisotopic (exact) mass is 328 g/mol. The van der Waals surface area contributed by atoms with Gasteiger partial charge in [-0.2, -0.15) is 17.0 Å². The summed E-state index contributed by atoms with van der Waals surface area (Å²) in [7, 11) is 0. The fraction of sp³-hybridized carbons (Fsp3) is 0.389. The molecule has 0 amide bonds. The average Bonchev–Trinajstić information content (AvgIpc) is 3.01. The zero-order valence-electron chi connectivity index (χ0n) is 13.1. The Morgan fingerprint density at radius 3 is 2.78 bits per heavy atom. The quantitative estimate of drug-likeness (QED) is 0.933. The average molecular weight is 328 g/mol. The van der Waals surface area contributed by atoms with E-state index in [1.807, 2.05) is 43.0 Å². The van der Waals surface area contributed by atoms with Crippen molar-refractivity contribution in [3.63, 3.8) is 0 Å². The molecule has 1 aromatic heterocycles. The number of nitriles is 1. The summed E-state index contributed by atoms with van der Waals surface area (Å²) in [5.41, 5.74) is 1.45. The van der Waals surface area contributed by atoms with E-state index in [-0.39, 0.29) is 6.04 Å². The van der Waals surface area contributed by atoms with Crippen LogP contribution in [-0.4, -0.2) is 34.6 Å². The van der Waals surface area contributed by atoms with Crippen molar-refractivity contribution in [3.8, 4) is 6.07 Å². The zero-order valence-corrected chi connectivity index (χ0v) is 13.9. The first kappa shape index (κ1) is 16.1. The molecular formula is C18H20N2O2S. The van der Waals surface area contributed by atoms with Gasteiger partial charge >= 0.3 is 0 Å². The van der Waals surface area contributed by atoms with E-state index in [0.29, 0.717) is 12.1 Å². The fourth-order valence-electron chi connectivity index (χ4n) is 2.86. The van der Waals surface area contributed by atoms with Gasteiger partial charge in [0.2, 0.25) is 0 Å². The van der Waals surface area contributed by atoms with Crippen LogP contribution in [0, 0.1) is 18.3 Å². The number of benzene rings is 1. The SMILES string of the molecule is Cc1ccc(C2CSCCN2CC(O)c2ccc(C#N)cc2)o1. The second-order valence-corrected chi connectivity index (χ2v) is 6.93. The highest BCUT2D eigenvalue weighted by Crippen LogP contribution is 2.32. The number of furan rings is 1. The lowest BCUT2D eigenvalue weighted by molar-refractivity contribution is 0.0877.